The maximum atomic E-state index is 11.9. The number of ketones is 1. The van der Waals surface area contributed by atoms with E-state index in [1.165, 1.54) is 77.6 Å². The van der Waals surface area contributed by atoms with Crippen LogP contribution in [-0.4, -0.2) is 64.7 Å². The van der Waals surface area contributed by atoms with Gasteiger partial charge in [-0.3, -0.25) is 4.79 Å². The molecule has 3 fully saturated rings. The number of aliphatic hydroxyl groups is 2. The van der Waals surface area contributed by atoms with Crippen molar-refractivity contribution in [3.05, 3.63) is 0 Å². The fraction of sp³-hybridized carbons (Fsp3) is 0.946. The predicted molar refractivity (Wildman–Crippen MR) is 174 cm³/mol. The molecule has 0 saturated carbocycles. The van der Waals surface area contributed by atoms with E-state index in [0.717, 1.165) is 77.0 Å². The Kier molecular flexibility index (Phi) is 18.5. The van der Waals surface area contributed by atoms with Gasteiger partial charge in [-0.2, -0.15) is 0 Å². The van der Waals surface area contributed by atoms with Gasteiger partial charge in [0.25, 0.3) is 0 Å². The van der Waals surface area contributed by atoms with Crippen LogP contribution in [0.2, 0.25) is 0 Å². The van der Waals surface area contributed by atoms with E-state index in [1.807, 2.05) is 0 Å². The first kappa shape index (κ1) is 37.4. The largest absolute Gasteiger partial charge is 0.462 e. The monoisotopic (exact) mass is 622 g/mol. The standard InChI is InChI=1S/C37H66O7/c1-3-4-5-6-7-11-14-17-20-31(39)33-22-24-35(43-33)36-25-23-34(44-36)32(40)21-18-15-12-9-8-10-13-16-19-30-27-29(26-28(2)38)37(41)42-30/h29-36,39-40H,3-27H2,1-2H3/t29-,30+,31+,32+,33+,34-,35-,36-/m1/s1. The molecular weight excluding hydrogens is 556 g/mol. The molecule has 0 spiro atoms. The second kappa shape index (κ2) is 21.7. The average Bonchev–Trinajstić information content (AvgIpc) is 3.75. The fourth-order valence-electron chi connectivity index (χ4n) is 7.55. The van der Waals surface area contributed by atoms with E-state index in [4.69, 9.17) is 14.2 Å². The molecule has 0 aliphatic carbocycles. The number of cyclic esters (lactones) is 1. The van der Waals surface area contributed by atoms with Crippen molar-refractivity contribution in [1.82, 2.24) is 0 Å². The second-order valence-electron chi connectivity index (χ2n) is 14.3. The number of esters is 1. The topological polar surface area (TPSA) is 102 Å². The number of Topliss-reactive ketones (excluding diaryl/α,β-unsaturated/α-hetero) is 1. The van der Waals surface area contributed by atoms with E-state index in [2.05, 4.69) is 6.92 Å². The maximum Gasteiger partial charge on any atom is 0.309 e. The average molecular weight is 623 g/mol. The Labute approximate surface area is 268 Å². The smallest absolute Gasteiger partial charge is 0.309 e. The molecule has 3 saturated heterocycles. The van der Waals surface area contributed by atoms with Crippen molar-refractivity contribution in [2.24, 2.45) is 5.92 Å². The Morgan fingerprint density at radius 2 is 1.16 bits per heavy atom. The zero-order valence-electron chi connectivity index (χ0n) is 28.2. The molecule has 3 rings (SSSR count). The molecule has 2 N–H and O–H groups in total. The summed E-state index contributed by atoms with van der Waals surface area (Å²) in [7, 11) is 0. The van der Waals surface area contributed by atoms with E-state index >= 15 is 0 Å². The van der Waals surface area contributed by atoms with Gasteiger partial charge < -0.3 is 29.2 Å². The molecule has 0 aromatic carbocycles. The quantitative estimate of drug-likeness (QED) is 0.0782. The molecule has 7 heteroatoms. The van der Waals surface area contributed by atoms with Crippen LogP contribution < -0.4 is 0 Å². The number of unbranched alkanes of at least 4 members (excludes halogenated alkanes) is 14. The first-order chi connectivity index (χ1) is 21.4. The van der Waals surface area contributed by atoms with Gasteiger partial charge in [-0.15, -0.1) is 0 Å². The highest BCUT2D eigenvalue weighted by Gasteiger charge is 2.40. The van der Waals surface area contributed by atoms with E-state index < -0.39 is 6.10 Å². The maximum absolute atomic E-state index is 11.9. The van der Waals surface area contributed by atoms with Crippen LogP contribution in [0, 0.1) is 5.92 Å². The summed E-state index contributed by atoms with van der Waals surface area (Å²) in [5.74, 6) is -0.348. The third-order valence-electron chi connectivity index (χ3n) is 10.3. The lowest BCUT2D eigenvalue weighted by Crippen LogP contribution is -2.33. The van der Waals surface area contributed by atoms with Gasteiger partial charge in [0.1, 0.15) is 11.9 Å². The molecule has 3 aliphatic heterocycles. The molecule has 0 bridgehead atoms. The van der Waals surface area contributed by atoms with Crippen LogP contribution in [0.15, 0.2) is 0 Å². The van der Waals surface area contributed by atoms with E-state index in [0.29, 0.717) is 12.8 Å². The number of carbonyl (C=O) groups excluding carboxylic acids is 2. The Hall–Kier alpha value is -1.02. The number of hydrogen-bond acceptors (Lipinski definition) is 7. The zero-order chi connectivity index (χ0) is 31.6. The van der Waals surface area contributed by atoms with Crippen molar-refractivity contribution in [3.8, 4) is 0 Å². The summed E-state index contributed by atoms with van der Waals surface area (Å²) < 4.78 is 18.0. The van der Waals surface area contributed by atoms with Crippen LogP contribution in [0.3, 0.4) is 0 Å². The van der Waals surface area contributed by atoms with Crippen LogP contribution in [-0.2, 0) is 23.8 Å². The number of carbonyl (C=O) groups is 2. The summed E-state index contributed by atoms with van der Waals surface area (Å²) in [6, 6.07) is 0. The van der Waals surface area contributed by atoms with Crippen LogP contribution in [0.4, 0.5) is 0 Å². The number of hydrogen-bond donors (Lipinski definition) is 2. The molecule has 8 atom stereocenters. The van der Waals surface area contributed by atoms with Gasteiger partial charge in [-0.05, 0) is 64.7 Å². The first-order valence-electron chi connectivity index (χ1n) is 18.7. The summed E-state index contributed by atoms with van der Waals surface area (Å²) in [6.07, 6.45) is 26.0. The molecule has 0 amide bonds. The highest BCUT2D eigenvalue weighted by atomic mass is 16.6. The number of rotatable bonds is 25. The summed E-state index contributed by atoms with van der Waals surface area (Å²) in [5, 5.41) is 21.4. The van der Waals surface area contributed by atoms with Gasteiger partial charge in [-0.1, -0.05) is 103 Å². The molecular formula is C37H66O7. The van der Waals surface area contributed by atoms with Gasteiger partial charge in [0.05, 0.1) is 42.5 Å². The zero-order valence-corrected chi connectivity index (χ0v) is 28.2. The summed E-state index contributed by atoms with van der Waals surface area (Å²) >= 11 is 0. The first-order valence-corrected chi connectivity index (χ1v) is 18.7. The van der Waals surface area contributed by atoms with Gasteiger partial charge in [-0.25, -0.2) is 0 Å². The predicted octanol–water partition coefficient (Wildman–Crippen LogP) is 8.15. The third kappa shape index (κ3) is 14.2. The minimum atomic E-state index is -0.399. The lowest BCUT2D eigenvalue weighted by Gasteiger charge is -2.24. The Morgan fingerprint density at radius 1 is 0.705 bits per heavy atom. The molecule has 0 aromatic heterocycles. The van der Waals surface area contributed by atoms with Crippen molar-refractivity contribution < 1.29 is 34.0 Å². The SMILES string of the molecule is CCCCCCCCCC[C@H](O)[C@@H]1CC[C@H]([C@H]2CC[C@H]([C@@H](O)CCCCCCCCCC[C@H]3C[C@@H](CC(C)=O)C(=O)O3)O2)O1. The van der Waals surface area contributed by atoms with Crippen molar-refractivity contribution in [2.45, 2.75) is 217 Å². The second-order valence-corrected chi connectivity index (χ2v) is 14.3. The van der Waals surface area contributed by atoms with Gasteiger partial charge in [0.2, 0.25) is 0 Å². The van der Waals surface area contributed by atoms with Crippen LogP contribution >= 0.6 is 0 Å². The van der Waals surface area contributed by atoms with Gasteiger partial charge in [0.15, 0.2) is 0 Å². The minimum absolute atomic E-state index is 0.00211. The third-order valence-corrected chi connectivity index (χ3v) is 10.3. The number of ether oxygens (including phenoxy) is 3. The molecule has 44 heavy (non-hydrogen) atoms. The summed E-state index contributed by atoms with van der Waals surface area (Å²) in [5.41, 5.74) is 0. The summed E-state index contributed by atoms with van der Waals surface area (Å²) in [6.45, 7) is 3.79. The lowest BCUT2D eigenvalue weighted by molar-refractivity contribution is -0.145. The fourth-order valence-corrected chi connectivity index (χ4v) is 7.55. The van der Waals surface area contributed by atoms with Crippen molar-refractivity contribution in [2.75, 3.05) is 0 Å². The molecule has 0 radical (unpaired) electrons. The van der Waals surface area contributed by atoms with Crippen LogP contribution in [0.25, 0.3) is 0 Å². The molecule has 3 heterocycles. The van der Waals surface area contributed by atoms with E-state index in [1.54, 1.807) is 0 Å². The van der Waals surface area contributed by atoms with Gasteiger partial charge >= 0.3 is 5.97 Å². The lowest BCUT2D eigenvalue weighted by atomic mass is 9.96. The van der Waals surface area contributed by atoms with Crippen molar-refractivity contribution >= 4 is 11.8 Å². The normalized spacial score (nSPS) is 28.4. The van der Waals surface area contributed by atoms with E-state index in [9.17, 15) is 19.8 Å². The van der Waals surface area contributed by atoms with Crippen molar-refractivity contribution in [3.63, 3.8) is 0 Å². The van der Waals surface area contributed by atoms with Crippen molar-refractivity contribution in [1.29, 1.82) is 0 Å². The number of aliphatic hydroxyl groups excluding tert-OH is 2. The highest BCUT2D eigenvalue weighted by molar-refractivity contribution is 5.83. The Balaban J connectivity index is 1.13. The molecule has 7 nitrogen and oxygen atoms in total. The summed E-state index contributed by atoms with van der Waals surface area (Å²) in [4.78, 5) is 23.1. The van der Waals surface area contributed by atoms with E-state index in [-0.39, 0.29) is 54.3 Å². The molecule has 3 aliphatic rings. The van der Waals surface area contributed by atoms with Crippen LogP contribution in [0.5, 0.6) is 0 Å². The Bertz CT molecular complexity index is 788. The van der Waals surface area contributed by atoms with Crippen LogP contribution in [0.1, 0.15) is 174 Å². The molecule has 0 unspecified atom stereocenters. The Morgan fingerprint density at radius 3 is 1.64 bits per heavy atom. The molecule has 256 valence electrons. The molecule has 0 aromatic rings. The highest BCUT2D eigenvalue weighted by Crippen LogP contribution is 2.35. The van der Waals surface area contributed by atoms with Gasteiger partial charge in [0, 0.05) is 6.42 Å². The minimum Gasteiger partial charge on any atom is -0.462 e.